The molecule has 0 aliphatic carbocycles. The SMILES string of the molecule is CC1Cc2ccccc2N(c2ccnc(F)c2)C1. The highest BCUT2D eigenvalue weighted by Crippen LogP contribution is 2.34. The monoisotopic (exact) mass is 242 g/mol. The third-order valence-electron chi connectivity index (χ3n) is 3.37. The highest BCUT2D eigenvalue weighted by Gasteiger charge is 2.22. The van der Waals surface area contributed by atoms with Gasteiger partial charge in [0.1, 0.15) is 0 Å². The van der Waals surface area contributed by atoms with Crippen molar-refractivity contribution in [3.8, 4) is 0 Å². The number of rotatable bonds is 1. The van der Waals surface area contributed by atoms with E-state index in [1.165, 1.54) is 23.5 Å². The molecule has 2 heterocycles. The summed E-state index contributed by atoms with van der Waals surface area (Å²) in [5, 5.41) is 0. The third kappa shape index (κ3) is 1.96. The second kappa shape index (κ2) is 4.41. The molecule has 3 rings (SSSR count). The molecule has 1 aliphatic heterocycles. The van der Waals surface area contributed by atoms with Gasteiger partial charge in [-0.05, 0) is 30.0 Å². The Kier molecular flexibility index (Phi) is 2.74. The Labute approximate surface area is 106 Å². The Morgan fingerprint density at radius 1 is 1.28 bits per heavy atom. The average molecular weight is 242 g/mol. The molecule has 0 N–H and O–H groups in total. The summed E-state index contributed by atoms with van der Waals surface area (Å²) in [7, 11) is 0. The van der Waals surface area contributed by atoms with Crippen LogP contribution in [-0.2, 0) is 6.42 Å². The molecule has 0 bridgehead atoms. The quantitative estimate of drug-likeness (QED) is 0.711. The number of hydrogen-bond acceptors (Lipinski definition) is 2. The first-order valence-corrected chi connectivity index (χ1v) is 6.21. The van der Waals surface area contributed by atoms with Crippen molar-refractivity contribution in [2.75, 3.05) is 11.4 Å². The van der Waals surface area contributed by atoms with Gasteiger partial charge in [-0.1, -0.05) is 25.1 Å². The number of benzene rings is 1. The normalized spacial score (nSPS) is 18.6. The van der Waals surface area contributed by atoms with E-state index in [9.17, 15) is 4.39 Å². The highest BCUT2D eigenvalue weighted by atomic mass is 19.1. The molecule has 2 nitrogen and oxygen atoms in total. The van der Waals surface area contributed by atoms with E-state index in [1.807, 2.05) is 12.1 Å². The van der Waals surface area contributed by atoms with E-state index >= 15 is 0 Å². The summed E-state index contributed by atoms with van der Waals surface area (Å²) in [6.45, 7) is 3.14. The topological polar surface area (TPSA) is 16.1 Å². The molecule has 0 fully saturated rings. The van der Waals surface area contributed by atoms with Crippen LogP contribution in [0.1, 0.15) is 12.5 Å². The van der Waals surface area contributed by atoms with E-state index in [0.717, 1.165) is 18.7 Å². The zero-order valence-electron chi connectivity index (χ0n) is 10.3. The zero-order chi connectivity index (χ0) is 12.5. The first kappa shape index (κ1) is 11.2. The van der Waals surface area contributed by atoms with E-state index in [4.69, 9.17) is 0 Å². The summed E-state index contributed by atoms with van der Waals surface area (Å²) in [4.78, 5) is 5.79. The van der Waals surface area contributed by atoms with Crippen LogP contribution in [0.25, 0.3) is 0 Å². The fourth-order valence-corrected chi connectivity index (χ4v) is 2.60. The van der Waals surface area contributed by atoms with Gasteiger partial charge in [0.25, 0.3) is 0 Å². The Hall–Kier alpha value is -1.90. The minimum absolute atomic E-state index is 0.428. The van der Waals surface area contributed by atoms with Crippen LogP contribution in [0, 0.1) is 11.9 Å². The number of pyridine rings is 1. The van der Waals surface area contributed by atoms with Gasteiger partial charge in [0.15, 0.2) is 0 Å². The fraction of sp³-hybridized carbons (Fsp3) is 0.267. The molecule has 1 atom stereocenters. The molecule has 1 aliphatic rings. The minimum atomic E-state index is -0.428. The molecular formula is C15H15FN2. The Morgan fingerprint density at radius 2 is 2.11 bits per heavy atom. The van der Waals surface area contributed by atoms with Gasteiger partial charge in [0.05, 0.1) is 0 Å². The summed E-state index contributed by atoms with van der Waals surface area (Å²) in [6, 6.07) is 11.7. The van der Waals surface area contributed by atoms with E-state index in [1.54, 1.807) is 0 Å². The van der Waals surface area contributed by atoms with Gasteiger partial charge in [-0.15, -0.1) is 0 Å². The van der Waals surface area contributed by atoms with Crippen LogP contribution in [-0.4, -0.2) is 11.5 Å². The molecular weight excluding hydrogens is 227 g/mol. The number of nitrogens with zero attached hydrogens (tertiary/aromatic N) is 2. The van der Waals surface area contributed by atoms with Gasteiger partial charge in [-0.3, -0.25) is 0 Å². The highest BCUT2D eigenvalue weighted by molar-refractivity contribution is 5.67. The Morgan fingerprint density at radius 3 is 2.94 bits per heavy atom. The summed E-state index contributed by atoms with van der Waals surface area (Å²) in [5.74, 6) is 0.138. The van der Waals surface area contributed by atoms with E-state index in [-0.39, 0.29) is 0 Å². The smallest absolute Gasteiger partial charge is 0.214 e. The number of hydrogen-bond donors (Lipinski definition) is 0. The average Bonchev–Trinajstić information content (AvgIpc) is 2.37. The molecule has 0 spiro atoms. The first-order chi connectivity index (χ1) is 8.74. The van der Waals surface area contributed by atoms with Crippen LogP contribution in [0.2, 0.25) is 0 Å². The van der Waals surface area contributed by atoms with Crippen molar-refractivity contribution in [2.24, 2.45) is 5.92 Å². The lowest BCUT2D eigenvalue weighted by Crippen LogP contribution is -2.30. The third-order valence-corrected chi connectivity index (χ3v) is 3.37. The largest absolute Gasteiger partial charge is 0.341 e. The van der Waals surface area contributed by atoms with Crippen molar-refractivity contribution in [1.29, 1.82) is 0 Å². The van der Waals surface area contributed by atoms with Crippen LogP contribution in [0.5, 0.6) is 0 Å². The number of para-hydroxylation sites is 1. The van der Waals surface area contributed by atoms with Gasteiger partial charge < -0.3 is 4.90 Å². The van der Waals surface area contributed by atoms with Crippen molar-refractivity contribution >= 4 is 11.4 Å². The van der Waals surface area contributed by atoms with Gasteiger partial charge in [-0.25, -0.2) is 4.98 Å². The van der Waals surface area contributed by atoms with Crippen LogP contribution >= 0.6 is 0 Å². The maximum Gasteiger partial charge on any atom is 0.214 e. The van der Waals surface area contributed by atoms with Crippen molar-refractivity contribution < 1.29 is 4.39 Å². The molecule has 0 amide bonds. The van der Waals surface area contributed by atoms with Crippen LogP contribution < -0.4 is 4.90 Å². The molecule has 18 heavy (non-hydrogen) atoms. The van der Waals surface area contributed by atoms with Crippen molar-refractivity contribution in [3.05, 3.63) is 54.1 Å². The van der Waals surface area contributed by atoms with Crippen molar-refractivity contribution in [2.45, 2.75) is 13.3 Å². The second-order valence-corrected chi connectivity index (χ2v) is 4.89. The Balaban J connectivity index is 2.07. The molecule has 92 valence electrons. The summed E-state index contributed by atoms with van der Waals surface area (Å²) >= 11 is 0. The Bertz CT molecular complexity index is 568. The van der Waals surface area contributed by atoms with E-state index in [2.05, 4.69) is 35.0 Å². The second-order valence-electron chi connectivity index (χ2n) is 4.89. The van der Waals surface area contributed by atoms with Crippen molar-refractivity contribution in [1.82, 2.24) is 4.98 Å². The molecule has 1 aromatic heterocycles. The maximum absolute atomic E-state index is 13.3. The molecule has 0 saturated carbocycles. The van der Waals surface area contributed by atoms with E-state index in [0.29, 0.717) is 5.92 Å². The predicted octanol–water partition coefficient (Wildman–Crippen LogP) is 3.55. The van der Waals surface area contributed by atoms with Gasteiger partial charge in [0, 0.05) is 30.2 Å². The van der Waals surface area contributed by atoms with E-state index < -0.39 is 5.95 Å². The molecule has 1 unspecified atom stereocenters. The molecule has 3 heteroatoms. The molecule has 2 aromatic rings. The van der Waals surface area contributed by atoms with Gasteiger partial charge in [-0.2, -0.15) is 4.39 Å². The van der Waals surface area contributed by atoms with Crippen LogP contribution in [0.4, 0.5) is 15.8 Å². The molecule has 0 saturated heterocycles. The summed E-state index contributed by atoms with van der Waals surface area (Å²) < 4.78 is 13.3. The summed E-state index contributed by atoms with van der Waals surface area (Å²) in [6.07, 6.45) is 2.60. The minimum Gasteiger partial charge on any atom is -0.341 e. The fourth-order valence-electron chi connectivity index (χ4n) is 2.60. The number of aromatic nitrogens is 1. The summed E-state index contributed by atoms with van der Waals surface area (Å²) in [5.41, 5.74) is 3.39. The first-order valence-electron chi connectivity index (χ1n) is 6.21. The predicted molar refractivity (Wildman–Crippen MR) is 70.5 cm³/mol. The molecule has 0 radical (unpaired) electrons. The molecule has 1 aromatic carbocycles. The lowest BCUT2D eigenvalue weighted by atomic mass is 9.93. The lowest BCUT2D eigenvalue weighted by molar-refractivity contribution is 0.557. The van der Waals surface area contributed by atoms with Crippen LogP contribution in [0.15, 0.2) is 42.6 Å². The number of fused-ring (bicyclic) bond motifs is 1. The standard InChI is InChI=1S/C15H15FN2/c1-11-8-12-4-2-3-5-14(12)18(10-11)13-6-7-17-15(16)9-13/h2-7,9,11H,8,10H2,1H3. The van der Waals surface area contributed by atoms with Gasteiger partial charge in [0.2, 0.25) is 5.95 Å². The maximum atomic E-state index is 13.3. The zero-order valence-corrected chi connectivity index (χ0v) is 10.3. The van der Waals surface area contributed by atoms with Crippen molar-refractivity contribution in [3.63, 3.8) is 0 Å². The lowest BCUT2D eigenvalue weighted by Gasteiger charge is -2.34. The number of halogens is 1. The van der Waals surface area contributed by atoms with Crippen LogP contribution in [0.3, 0.4) is 0 Å². The van der Waals surface area contributed by atoms with Gasteiger partial charge >= 0.3 is 0 Å². The number of anilines is 2.